The van der Waals surface area contributed by atoms with E-state index in [2.05, 4.69) is 18.9 Å². The van der Waals surface area contributed by atoms with Crippen LogP contribution in [0, 0.1) is 18.7 Å². The molecule has 112 valence electrons. The normalized spacial score (nSPS) is 24.5. The third kappa shape index (κ3) is 3.14. The molecule has 2 nitrogen and oxygen atoms in total. The van der Waals surface area contributed by atoms with Gasteiger partial charge in [-0.2, -0.15) is 0 Å². The zero-order valence-electron chi connectivity index (χ0n) is 13.1. The molecule has 0 saturated heterocycles. The number of rotatable bonds is 3. The van der Waals surface area contributed by atoms with Crippen LogP contribution in [0.5, 0.6) is 0 Å². The third-order valence-electron chi connectivity index (χ3n) is 4.71. The predicted molar refractivity (Wildman–Crippen MR) is 83.6 cm³/mol. The van der Waals surface area contributed by atoms with Gasteiger partial charge in [0.15, 0.2) is 0 Å². The molecule has 0 aliphatic heterocycles. The topological polar surface area (TPSA) is 29.3 Å². The van der Waals surface area contributed by atoms with Crippen LogP contribution in [0.3, 0.4) is 0 Å². The maximum absolute atomic E-state index is 13.8. The van der Waals surface area contributed by atoms with E-state index in [-0.39, 0.29) is 11.9 Å². The fourth-order valence-corrected chi connectivity index (χ4v) is 3.18. The SMILES string of the molecule is Cc1cc(N(C)C2CCC(C)CC2)c([C@H](C)N)cc1F. The first-order valence-electron chi connectivity index (χ1n) is 7.68. The molecule has 1 fully saturated rings. The highest BCUT2D eigenvalue weighted by molar-refractivity contribution is 5.57. The first kappa shape index (κ1) is 15.3. The van der Waals surface area contributed by atoms with E-state index in [4.69, 9.17) is 5.73 Å². The van der Waals surface area contributed by atoms with Crippen LogP contribution in [-0.2, 0) is 0 Å². The van der Waals surface area contributed by atoms with Crippen LogP contribution in [0.15, 0.2) is 12.1 Å². The zero-order valence-corrected chi connectivity index (χ0v) is 13.1. The van der Waals surface area contributed by atoms with Crippen molar-refractivity contribution in [2.24, 2.45) is 11.7 Å². The van der Waals surface area contributed by atoms with Crippen molar-refractivity contribution in [3.05, 3.63) is 29.1 Å². The molecule has 0 bridgehead atoms. The Morgan fingerprint density at radius 1 is 1.25 bits per heavy atom. The van der Waals surface area contributed by atoms with Crippen molar-refractivity contribution >= 4 is 5.69 Å². The zero-order chi connectivity index (χ0) is 14.9. The minimum absolute atomic E-state index is 0.148. The average molecular weight is 278 g/mol. The second kappa shape index (κ2) is 6.13. The fraction of sp³-hybridized carbons (Fsp3) is 0.647. The van der Waals surface area contributed by atoms with Gasteiger partial charge in [-0.3, -0.25) is 0 Å². The number of hydrogen-bond donors (Lipinski definition) is 1. The monoisotopic (exact) mass is 278 g/mol. The highest BCUT2D eigenvalue weighted by Gasteiger charge is 2.24. The first-order valence-corrected chi connectivity index (χ1v) is 7.68. The number of nitrogens with zero attached hydrogens (tertiary/aromatic N) is 1. The van der Waals surface area contributed by atoms with Gasteiger partial charge in [0.1, 0.15) is 5.82 Å². The average Bonchev–Trinajstić information content (AvgIpc) is 2.41. The van der Waals surface area contributed by atoms with Crippen LogP contribution in [0.1, 0.15) is 56.7 Å². The minimum Gasteiger partial charge on any atom is -0.371 e. The summed E-state index contributed by atoms with van der Waals surface area (Å²) in [5, 5.41) is 0. The Kier molecular flexibility index (Phi) is 4.69. The van der Waals surface area contributed by atoms with Crippen LogP contribution < -0.4 is 10.6 Å². The lowest BCUT2D eigenvalue weighted by molar-refractivity contribution is 0.340. The van der Waals surface area contributed by atoms with E-state index in [9.17, 15) is 4.39 Å². The van der Waals surface area contributed by atoms with Crippen LogP contribution >= 0.6 is 0 Å². The van der Waals surface area contributed by atoms with Crippen molar-refractivity contribution in [2.45, 2.75) is 58.5 Å². The molecule has 1 aliphatic carbocycles. The number of aryl methyl sites for hydroxylation is 1. The second-order valence-corrected chi connectivity index (χ2v) is 6.47. The van der Waals surface area contributed by atoms with Crippen molar-refractivity contribution in [3.8, 4) is 0 Å². The van der Waals surface area contributed by atoms with Crippen LogP contribution in [0.25, 0.3) is 0 Å². The largest absolute Gasteiger partial charge is 0.371 e. The minimum atomic E-state index is -0.160. The molecule has 0 spiro atoms. The molecule has 1 saturated carbocycles. The second-order valence-electron chi connectivity index (χ2n) is 6.47. The van der Waals surface area contributed by atoms with E-state index >= 15 is 0 Å². The molecule has 1 aliphatic rings. The standard InChI is InChI=1S/C17H27FN2/c1-11-5-7-14(8-6-11)20(4)17-9-12(2)16(18)10-15(17)13(3)19/h9-11,13-14H,5-8,19H2,1-4H3/t11?,13-,14?/m0/s1. The van der Waals surface area contributed by atoms with E-state index in [0.717, 1.165) is 17.2 Å². The fourth-order valence-electron chi connectivity index (χ4n) is 3.18. The van der Waals surface area contributed by atoms with Gasteiger partial charge in [-0.15, -0.1) is 0 Å². The van der Waals surface area contributed by atoms with Gasteiger partial charge >= 0.3 is 0 Å². The smallest absolute Gasteiger partial charge is 0.126 e. The Hall–Kier alpha value is -1.09. The molecule has 0 aromatic heterocycles. The summed E-state index contributed by atoms with van der Waals surface area (Å²) in [7, 11) is 2.12. The summed E-state index contributed by atoms with van der Waals surface area (Å²) in [4.78, 5) is 2.32. The molecule has 2 rings (SSSR count). The Bertz CT molecular complexity index is 462. The van der Waals surface area contributed by atoms with E-state index < -0.39 is 0 Å². The van der Waals surface area contributed by atoms with E-state index in [1.165, 1.54) is 25.7 Å². The lowest BCUT2D eigenvalue weighted by atomic mass is 9.86. The summed E-state index contributed by atoms with van der Waals surface area (Å²) in [5.41, 5.74) is 8.73. The third-order valence-corrected chi connectivity index (χ3v) is 4.71. The van der Waals surface area contributed by atoms with Gasteiger partial charge in [0.05, 0.1) is 0 Å². The summed E-state index contributed by atoms with van der Waals surface area (Å²) < 4.78 is 13.8. The highest BCUT2D eigenvalue weighted by atomic mass is 19.1. The lowest BCUT2D eigenvalue weighted by Gasteiger charge is -2.36. The molecular weight excluding hydrogens is 251 g/mol. The summed E-state index contributed by atoms with van der Waals surface area (Å²) >= 11 is 0. The Morgan fingerprint density at radius 3 is 2.40 bits per heavy atom. The number of benzene rings is 1. The number of halogens is 1. The molecule has 3 heteroatoms. The molecule has 2 N–H and O–H groups in total. The number of hydrogen-bond acceptors (Lipinski definition) is 2. The highest BCUT2D eigenvalue weighted by Crippen LogP contribution is 2.33. The van der Waals surface area contributed by atoms with Crippen LogP contribution in [-0.4, -0.2) is 13.1 Å². The summed E-state index contributed by atoms with van der Waals surface area (Å²) in [6.07, 6.45) is 4.99. The summed E-state index contributed by atoms with van der Waals surface area (Å²) in [6, 6.07) is 3.96. The molecule has 20 heavy (non-hydrogen) atoms. The van der Waals surface area contributed by atoms with Gasteiger partial charge in [0.25, 0.3) is 0 Å². The van der Waals surface area contributed by atoms with Gasteiger partial charge in [-0.25, -0.2) is 4.39 Å². The van der Waals surface area contributed by atoms with Gasteiger partial charge in [-0.1, -0.05) is 6.92 Å². The Labute approximate surface area is 122 Å². The van der Waals surface area contributed by atoms with Gasteiger partial charge in [0.2, 0.25) is 0 Å². The summed E-state index contributed by atoms with van der Waals surface area (Å²) in [5.74, 6) is 0.675. The van der Waals surface area contributed by atoms with E-state index in [1.54, 1.807) is 6.07 Å². The van der Waals surface area contributed by atoms with Crippen LogP contribution in [0.4, 0.5) is 10.1 Å². The molecule has 1 aromatic rings. The number of anilines is 1. The van der Waals surface area contributed by atoms with E-state index in [0.29, 0.717) is 11.6 Å². The molecular formula is C17H27FN2. The number of nitrogens with two attached hydrogens (primary N) is 1. The lowest BCUT2D eigenvalue weighted by Crippen LogP contribution is -2.36. The van der Waals surface area contributed by atoms with Crippen molar-refractivity contribution in [1.82, 2.24) is 0 Å². The van der Waals surface area contributed by atoms with Gasteiger partial charge < -0.3 is 10.6 Å². The molecule has 0 heterocycles. The van der Waals surface area contributed by atoms with Crippen LogP contribution in [0.2, 0.25) is 0 Å². The first-order chi connectivity index (χ1) is 9.40. The quantitative estimate of drug-likeness (QED) is 0.899. The Balaban J connectivity index is 2.28. The molecule has 1 atom stereocenters. The summed E-state index contributed by atoms with van der Waals surface area (Å²) in [6.45, 7) is 6.07. The molecule has 0 unspecified atom stereocenters. The maximum Gasteiger partial charge on any atom is 0.126 e. The molecule has 1 aromatic carbocycles. The predicted octanol–water partition coefficient (Wildman–Crippen LogP) is 4.17. The molecule has 0 amide bonds. The van der Waals surface area contributed by atoms with Gasteiger partial charge in [0, 0.05) is 24.8 Å². The molecule has 0 radical (unpaired) electrons. The Morgan fingerprint density at radius 2 is 1.85 bits per heavy atom. The van der Waals surface area contributed by atoms with Crippen molar-refractivity contribution < 1.29 is 4.39 Å². The maximum atomic E-state index is 13.8. The van der Waals surface area contributed by atoms with E-state index in [1.807, 2.05) is 19.9 Å². The van der Waals surface area contributed by atoms with Crippen molar-refractivity contribution in [1.29, 1.82) is 0 Å². The van der Waals surface area contributed by atoms with Crippen molar-refractivity contribution in [3.63, 3.8) is 0 Å². The van der Waals surface area contributed by atoms with Crippen molar-refractivity contribution in [2.75, 3.05) is 11.9 Å². The van der Waals surface area contributed by atoms with Gasteiger partial charge in [-0.05, 0) is 68.7 Å².